The Labute approximate surface area is 126 Å². The molecule has 0 aromatic heterocycles. The van der Waals surface area contributed by atoms with E-state index in [1.54, 1.807) is 0 Å². The molecule has 1 saturated heterocycles. The zero-order valence-electron chi connectivity index (χ0n) is 13.0. The van der Waals surface area contributed by atoms with E-state index >= 15 is 0 Å². The zero-order valence-corrected chi connectivity index (χ0v) is 13.0. The number of carbonyl (C=O) groups is 2. The van der Waals surface area contributed by atoms with Crippen molar-refractivity contribution in [3.63, 3.8) is 0 Å². The fourth-order valence-electron chi connectivity index (χ4n) is 3.74. The van der Waals surface area contributed by atoms with Crippen LogP contribution in [0.25, 0.3) is 0 Å². The lowest BCUT2D eigenvalue weighted by molar-refractivity contribution is -0.141. The van der Waals surface area contributed by atoms with E-state index in [0.717, 1.165) is 45.1 Å². The molecule has 2 unspecified atom stereocenters. The molecule has 2 aliphatic rings. The summed E-state index contributed by atoms with van der Waals surface area (Å²) in [6, 6.07) is -0.112. The van der Waals surface area contributed by atoms with Crippen molar-refractivity contribution in [2.24, 2.45) is 11.3 Å². The minimum Gasteiger partial charge on any atom is -0.481 e. The van der Waals surface area contributed by atoms with Gasteiger partial charge in [0.05, 0.1) is 12.5 Å². The number of nitrogens with one attached hydrogen (secondary N) is 2. The summed E-state index contributed by atoms with van der Waals surface area (Å²) in [5, 5.41) is 15.4. The van der Waals surface area contributed by atoms with Crippen LogP contribution in [0, 0.1) is 11.3 Å². The molecule has 120 valence electrons. The van der Waals surface area contributed by atoms with Gasteiger partial charge in [0.25, 0.3) is 0 Å². The normalized spacial score (nSPS) is 28.8. The average molecular weight is 296 g/mol. The lowest BCUT2D eigenvalue weighted by Crippen LogP contribution is -2.51. The van der Waals surface area contributed by atoms with Crippen LogP contribution in [-0.4, -0.2) is 36.1 Å². The highest BCUT2D eigenvalue weighted by molar-refractivity contribution is 5.82. The van der Waals surface area contributed by atoms with Crippen molar-refractivity contribution in [3.05, 3.63) is 0 Å². The van der Waals surface area contributed by atoms with E-state index in [-0.39, 0.29) is 23.8 Å². The van der Waals surface area contributed by atoms with Crippen molar-refractivity contribution in [2.45, 2.75) is 64.3 Å². The fourth-order valence-corrected chi connectivity index (χ4v) is 3.74. The maximum Gasteiger partial charge on any atom is 0.303 e. The number of carbonyl (C=O) groups excluding carboxylic acids is 1. The van der Waals surface area contributed by atoms with Crippen LogP contribution in [0.3, 0.4) is 0 Å². The van der Waals surface area contributed by atoms with Crippen molar-refractivity contribution < 1.29 is 14.7 Å². The summed E-state index contributed by atoms with van der Waals surface area (Å²) < 4.78 is 0. The fraction of sp³-hybridized carbons (Fsp3) is 0.875. The Bertz CT molecular complexity index is 378. The van der Waals surface area contributed by atoms with Gasteiger partial charge in [-0.2, -0.15) is 0 Å². The number of hydrogen-bond acceptors (Lipinski definition) is 3. The molecule has 1 aliphatic carbocycles. The van der Waals surface area contributed by atoms with Gasteiger partial charge in [0, 0.05) is 6.54 Å². The van der Waals surface area contributed by atoms with Gasteiger partial charge in [-0.1, -0.05) is 26.2 Å². The maximum absolute atomic E-state index is 12.3. The lowest BCUT2D eigenvalue weighted by Gasteiger charge is -2.37. The second-order valence-electron chi connectivity index (χ2n) is 6.99. The first-order chi connectivity index (χ1) is 10.0. The molecular formula is C16H28N2O3. The number of carboxylic acids is 1. The molecule has 1 saturated carbocycles. The molecule has 0 radical (unpaired) electrons. The summed E-state index contributed by atoms with van der Waals surface area (Å²) in [5.74, 6) is -0.142. The monoisotopic (exact) mass is 296 g/mol. The van der Waals surface area contributed by atoms with Gasteiger partial charge in [-0.3, -0.25) is 9.59 Å². The number of hydrogen-bond donors (Lipinski definition) is 3. The second-order valence-corrected chi connectivity index (χ2v) is 6.99. The molecule has 1 heterocycles. The van der Waals surface area contributed by atoms with Gasteiger partial charge in [-0.25, -0.2) is 0 Å². The number of piperidine rings is 1. The zero-order chi connectivity index (χ0) is 15.3. The van der Waals surface area contributed by atoms with Gasteiger partial charge in [-0.05, 0) is 43.6 Å². The average Bonchev–Trinajstić information content (AvgIpc) is 2.45. The van der Waals surface area contributed by atoms with Crippen LogP contribution in [0.1, 0.15) is 58.3 Å². The molecule has 0 bridgehead atoms. The third-order valence-corrected chi connectivity index (χ3v) is 5.06. The van der Waals surface area contributed by atoms with Crippen molar-refractivity contribution in [1.82, 2.24) is 10.6 Å². The first-order valence-electron chi connectivity index (χ1n) is 8.24. The molecular weight excluding hydrogens is 268 g/mol. The highest BCUT2D eigenvalue weighted by Gasteiger charge is 2.35. The predicted molar refractivity (Wildman–Crippen MR) is 81.0 cm³/mol. The van der Waals surface area contributed by atoms with Gasteiger partial charge in [0.2, 0.25) is 5.91 Å². The molecule has 1 aliphatic heterocycles. The SMILES string of the molecule is CC1CCNC(C(=O)NCC2(CC(=O)O)CCCCC2)C1. The second kappa shape index (κ2) is 7.25. The van der Waals surface area contributed by atoms with Gasteiger partial charge < -0.3 is 15.7 Å². The third-order valence-electron chi connectivity index (χ3n) is 5.06. The molecule has 21 heavy (non-hydrogen) atoms. The molecule has 3 N–H and O–H groups in total. The van der Waals surface area contributed by atoms with Crippen LogP contribution in [0.5, 0.6) is 0 Å². The van der Waals surface area contributed by atoms with Crippen LogP contribution in [-0.2, 0) is 9.59 Å². The summed E-state index contributed by atoms with van der Waals surface area (Å²) in [6.07, 6.45) is 7.30. The van der Waals surface area contributed by atoms with Crippen LogP contribution in [0.4, 0.5) is 0 Å². The van der Waals surface area contributed by atoms with Gasteiger partial charge >= 0.3 is 5.97 Å². The quantitative estimate of drug-likeness (QED) is 0.724. The van der Waals surface area contributed by atoms with Crippen LogP contribution < -0.4 is 10.6 Å². The van der Waals surface area contributed by atoms with Crippen LogP contribution >= 0.6 is 0 Å². The molecule has 0 aromatic carbocycles. The minimum absolute atomic E-state index is 0.0388. The Balaban J connectivity index is 1.88. The Morgan fingerprint density at radius 1 is 1.29 bits per heavy atom. The summed E-state index contributed by atoms with van der Waals surface area (Å²) in [6.45, 7) is 3.57. The topological polar surface area (TPSA) is 78.4 Å². The number of aliphatic carboxylic acids is 1. The van der Waals surface area contributed by atoms with Crippen molar-refractivity contribution in [3.8, 4) is 0 Å². The van der Waals surface area contributed by atoms with E-state index in [2.05, 4.69) is 17.6 Å². The maximum atomic E-state index is 12.3. The van der Waals surface area contributed by atoms with Gasteiger partial charge in [0.15, 0.2) is 0 Å². The highest BCUT2D eigenvalue weighted by atomic mass is 16.4. The summed E-state index contributed by atoms with van der Waals surface area (Å²) in [5.41, 5.74) is -0.236. The Morgan fingerprint density at radius 2 is 2.00 bits per heavy atom. The van der Waals surface area contributed by atoms with E-state index in [1.165, 1.54) is 6.42 Å². The summed E-state index contributed by atoms with van der Waals surface area (Å²) in [4.78, 5) is 23.4. The summed E-state index contributed by atoms with van der Waals surface area (Å²) in [7, 11) is 0. The molecule has 0 aromatic rings. The largest absolute Gasteiger partial charge is 0.481 e. The first kappa shape index (κ1) is 16.3. The Hall–Kier alpha value is -1.10. The van der Waals surface area contributed by atoms with Crippen molar-refractivity contribution in [1.29, 1.82) is 0 Å². The van der Waals surface area contributed by atoms with E-state index < -0.39 is 5.97 Å². The molecule has 5 nitrogen and oxygen atoms in total. The van der Waals surface area contributed by atoms with Gasteiger partial charge in [-0.15, -0.1) is 0 Å². The minimum atomic E-state index is -0.754. The van der Waals surface area contributed by atoms with E-state index in [0.29, 0.717) is 12.5 Å². The molecule has 2 rings (SSSR count). The van der Waals surface area contributed by atoms with Crippen molar-refractivity contribution in [2.75, 3.05) is 13.1 Å². The van der Waals surface area contributed by atoms with Gasteiger partial charge in [0.1, 0.15) is 0 Å². The molecule has 1 amide bonds. The Morgan fingerprint density at radius 3 is 2.62 bits per heavy atom. The molecule has 2 atom stereocenters. The van der Waals surface area contributed by atoms with Crippen molar-refractivity contribution >= 4 is 11.9 Å². The summed E-state index contributed by atoms with van der Waals surface area (Å²) >= 11 is 0. The Kier molecular flexibility index (Phi) is 5.62. The van der Waals surface area contributed by atoms with Crippen LogP contribution in [0.2, 0.25) is 0 Å². The third kappa shape index (κ3) is 4.70. The van der Waals surface area contributed by atoms with E-state index in [1.807, 2.05) is 0 Å². The van der Waals surface area contributed by atoms with E-state index in [9.17, 15) is 9.59 Å². The van der Waals surface area contributed by atoms with E-state index in [4.69, 9.17) is 5.11 Å². The first-order valence-corrected chi connectivity index (χ1v) is 8.24. The number of carboxylic acid groups (broad SMARTS) is 1. The molecule has 5 heteroatoms. The smallest absolute Gasteiger partial charge is 0.303 e. The predicted octanol–water partition coefficient (Wildman–Crippen LogP) is 1.92. The number of rotatable bonds is 5. The lowest BCUT2D eigenvalue weighted by atomic mass is 9.71. The highest BCUT2D eigenvalue weighted by Crippen LogP contribution is 2.38. The number of amides is 1. The van der Waals surface area contributed by atoms with Crippen LogP contribution in [0.15, 0.2) is 0 Å². The molecule has 0 spiro atoms. The molecule has 2 fully saturated rings. The standard InChI is InChI=1S/C16H28N2O3/c1-12-5-8-17-13(9-12)15(21)18-11-16(10-14(19)20)6-3-2-4-7-16/h12-13,17H,2-11H2,1H3,(H,18,21)(H,19,20).